The van der Waals surface area contributed by atoms with Crippen molar-refractivity contribution >= 4 is 28.5 Å². The van der Waals surface area contributed by atoms with Crippen LogP contribution < -0.4 is 5.32 Å². The van der Waals surface area contributed by atoms with Crippen molar-refractivity contribution < 1.29 is 4.79 Å². The van der Waals surface area contributed by atoms with E-state index in [1.165, 1.54) is 0 Å². The number of rotatable bonds is 4. The Balaban J connectivity index is 2.24. The van der Waals surface area contributed by atoms with Gasteiger partial charge >= 0.3 is 0 Å². The van der Waals surface area contributed by atoms with Gasteiger partial charge < -0.3 is 5.32 Å². The molecule has 0 aromatic carbocycles. The van der Waals surface area contributed by atoms with E-state index in [-0.39, 0.29) is 5.91 Å². The van der Waals surface area contributed by atoms with E-state index < -0.39 is 0 Å². The SMILES string of the molecule is CNC(=O)CCCn1cc(I)cn1. The van der Waals surface area contributed by atoms with Gasteiger partial charge in [-0.2, -0.15) is 5.10 Å². The fraction of sp³-hybridized carbons (Fsp3) is 0.500. The number of halogens is 1. The van der Waals surface area contributed by atoms with Crippen molar-refractivity contribution in [3.8, 4) is 0 Å². The summed E-state index contributed by atoms with van der Waals surface area (Å²) in [4.78, 5) is 10.9. The van der Waals surface area contributed by atoms with Crippen LogP contribution in [0.4, 0.5) is 0 Å². The highest BCUT2D eigenvalue weighted by molar-refractivity contribution is 14.1. The van der Waals surface area contributed by atoms with E-state index >= 15 is 0 Å². The number of nitrogens with zero attached hydrogens (tertiary/aromatic N) is 2. The number of amides is 1. The molecule has 0 fully saturated rings. The van der Waals surface area contributed by atoms with Gasteiger partial charge in [0.1, 0.15) is 0 Å². The van der Waals surface area contributed by atoms with Crippen LogP contribution in [0.5, 0.6) is 0 Å². The van der Waals surface area contributed by atoms with Gasteiger partial charge in [0.2, 0.25) is 5.91 Å². The number of carbonyl (C=O) groups is 1. The Bertz CT molecular complexity index is 285. The molecule has 1 aromatic rings. The lowest BCUT2D eigenvalue weighted by atomic mass is 10.3. The lowest BCUT2D eigenvalue weighted by molar-refractivity contribution is -0.120. The standard InChI is InChI=1S/C8H12IN3O/c1-10-8(13)3-2-4-12-6-7(9)5-11-12/h5-6H,2-4H2,1H3,(H,10,13). The molecule has 0 unspecified atom stereocenters. The van der Waals surface area contributed by atoms with Gasteiger partial charge in [0.25, 0.3) is 0 Å². The molecule has 0 bridgehead atoms. The van der Waals surface area contributed by atoms with Gasteiger partial charge in [-0.1, -0.05) is 0 Å². The molecule has 0 saturated heterocycles. The molecule has 0 aliphatic carbocycles. The fourth-order valence-corrected chi connectivity index (χ4v) is 1.43. The molecule has 0 saturated carbocycles. The molecule has 0 aliphatic heterocycles. The Kier molecular flexibility index (Phi) is 4.20. The summed E-state index contributed by atoms with van der Waals surface area (Å²) < 4.78 is 2.97. The molecule has 1 amide bonds. The molecule has 0 aliphatic rings. The summed E-state index contributed by atoms with van der Waals surface area (Å²) in [6, 6.07) is 0. The first kappa shape index (κ1) is 10.5. The zero-order valence-electron chi connectivity index (χ0n) is 7.46. The number of aryl methyl sites for hydroxylation is 1. The van der Waals surface area contributed by atoms with Gasteiger partial charge in [0.15, 0.2) is 0 Å². The Hall–Kier alpha value is -0.590. The topological polar surface area (TPSA) is 46.9 Å². The van der Waals surface area contributed by atoms with E-state index in [2.05, 4.69) is 33.0 Å². The predicted octanol–water partition coefficient (Wildman–Crippen LogP) is 1.01. The summed E-state index contributed by atoms with van der Waals surface area (Å²) >= 11 is 2.21. The van der Waals surface area contributed by atoms with Crippen molar-refractivity contribution in [2.75, 3.05) is 7.05 Å². The maximum atomic E-state index is 10.9. The molecule has 5 heteroatoms. The second kappa shape index (κ2) is 5.21. The van der Waals surface area contributed by atoms with E-state index in [0.717, 1.165) is 16.5 Å². The van der Waals surface area contributed by atoms with Crippen molar-refractivity contribution in [3.05, 3.63) is 16.0 Å². The van der Waals surface area contributed by atoms with Crippen LogP contribution in [0.1, 0.15) is 12.8 Å². The summed E-state index contributed by atoms with van der Waals surface area (Å²) in [5.41, 5.74) is 0. The summed E-state index contributed by atoms with van der Waals surface area (Å²) in [6.07, 6.45) is 5.16. The highest BCUT2D eigenvalue weighted by atomic mass is 127. The Morgan fingerprint density at radius 2 is 2.54 bits per heavy atom. The highest BCUT2D eigenvalue weighted by Gasteiger charge is 1.98. The number of hydrogen-bond donors (Lipinski definition) is 1. The van der Waals surface area contributed by atoms with E-state index in [4.69, 9.17) is 0 Å². The first-order valence-electron chi connectivity index (χ1n) is 4.11. The van der Waals surface area contributed by atoms with Crippen LogP contribution in [0.3, 0.4) is 0 Å². The van der Waals surface area contributed by atoms with Crippen LogP contribution in [0.2, 0.25) is 0 Å². The molecule has 0 spiro atoms. The second-order valence-electron chi connectivity index (χ2n) is 2.70. The largest absolute Gasteiger partial charge is 0.359 e. The molecule has 4 nitrogen and oxygen atoms in total. The van der Waals surface area contributed by atoms with Crippen LogP contribution in [0.15, 0.2) is 12.4 Å². The van der Waals surface area contributed by atoms with Gasteiger partial charge in [-0.3, -0.25) is 9.48 Å². The molecule has 0 radical (unpaired) electrons. The van der Waals surface area contributed by atoms with Crippen molar-refractivity contribution in [2.45, 2.75) is 19.4 Å². The van der Waals surface area contributed by atoms with E-state index in [1.54, 1.807) is 13.2 Å². The number of hydrogen-bond acceptors (Lipinski definition) is 2. The molecular formula is C8H12IN3O. The van der Waals surface area contributed by atoms with E-state index in [9.17, 15) is 4.79 Å². The molecular weight excluding hydrogens is 281 g/mol. The minimum Gasteiger partial charge on any atom is -0.359 e. The molecule has 1 heterocycles. The number of nitrogens with one attached hydrogen (secondary N) is 1. The first-order valence-corrected chi connectivity index (χ1v) is 5.19. The lowest BCUT2D eigenvalue weighted by Crippen LogP contribution is -2.17. The maximum absolute atomic E-state index is 10.9. The number of carbonyl (C=O) groups excluding carboxylic acids is 1. The molecule has 1 aromatic heterocycles. The average molecular weight is 293 g/mol. The molecule has 1 N–H and O–H groups in total. The van der Waals surface area contributed by atoms with Gasteiger partial charge in [-0.15, -0.1) is 0 Å². The third-order valence-electron chi connectivity index (χ3n) is 1.67. The van der Waals surface area contributed by atoms with Crippen LogP contribution in [-0.2, 0) is 11.3 Å². The quantitative estimate of drug-likeness (QED) is 0.842. The Labute approximate surface area is 90.8 Å². The smallest absolute Gasteiger partial charge is 0.219 e. The fourth-order valence-electron chi connectivity index (χ4n) is 0.987. The first-order chi connectivity index (χ1) is 6.22. The normalized spacial score (nSPS) is 10.0. The summed E-state index contributed by atoms with van der Waals surface area (Å²) in [5, 5.41) is 6.70. The summed E-state index contributed by atoms with van der Waals surface area (Å²) in [6.45, 7) is 0.802. The number of aromatic nitrogens is 2. The molecule has 1 rings (SSSR count). The third-order valence-corrected chi connectivity index (χ3v) is 2.23. The van der Waals surface area contributed by atoms with E-state index in [1.807, 2.05) is 10.9 Å². The monoisotopic (exact) mass is 293 g/mol. The van der Waals surface area contributed by atoms with Crippen LogP contribution in [0.25, 0.3) is 0 Å². The minimum atomic E-state index is 0.0850. The molecule has 0 atom stereocenters. The minimum absolute atomic E-state index is 0.0850. The van der Waals surface area contributed by atoms with E-state index in [0.29, 0.717) is 6.42 Å². The molecule has 72 valence electrons. The maximum Gasteiger partial charge on any atom is 0.219 e. The van der Waals surface area contributed by atoms with Gasteiger partial charge in [-0.05, 0) is 29.0 Å². The van der Waals surface area contributed by atoms with Crippen LogP contribution >= 0.6 is 22.6 Å². The van der Waals surface area contributed by atoms with Crippen molar-refractivity contribution in [1.82, 2.24) is 15.1 Å². The van der Waals surface area contributed by atoms with Gasteiger partial charge in [0, 0.05) is 26.2 Å². The van der Waals surface area contributed by atoms with Crippen molar-refractivity contribution in [3.63, 3.8) is 0 Å². The summed E-state index contributed by atoms with van der Waals surface area (Å²) in [7, 11) is 1.65. The highest BCUT2D eigenvalue weighted by Crippen LogP contribution is 2.02. The van der Waals surface area contributed by atoms with Crippen molar-refractivity contribution in [1.29, 1.82) is 0 Å². The van der Waals surface area contributed by atoms with Crippen LogP contribution in [-0.4, -0.2) is 22.7 Å². The average Bonchev–Trinajstić information content (AvgIpc) is 2.51. The Morgan fingerprint density at radius 3 is 3.08 bits per heavy atom. The van der Waals surface area contributed by atoms with Crippen molar-refractivity contribution in [2.24, 2.45) is 0 Å². The lowest BCUT2D eigenvalue weighted by Gasteiger charge is -2.00. The summed E-state index contributed by atoms with van der Waals surface area (Å²) in [5.74, 6) is 0.0850. The molecule has 13 heavy (non-hydrogen) atoms. The zero-order chi connectivity index (χ0) is 9.68. The predicted molar refractivity (Wildman–Crippen MR) is 58.2 cm³/mol. The third kappa shape index (κ3) is 3.75. The van der Waals surface area contributed by atoms with Gasteiger partial charge in [0.05, 0.1) is 9.77 Å². The van der Waals surface area contributed by atoms with Gasteiger partial charge in [-0.25, -0.2) is 0 Å². The van der Waals surface area contributed by atoms with Crippen LogP contribution in [0, 0.1) is 3.57 Å². The zero-order valence-corrected chi connectivity index (χ0v) is 9.61. The second-order valence-corrected chi connectivity index (χ2v) is 3.94. The Morgan fingerprint density at radius 1 is 1.77 bits per heavy atom.